The Kier molecular flexibility index (Phi) is 4.23. The van der Waals surface area contributed by atoms with Gasteiger partial charge in [0.25, 0.3) is 0 Å². The predicted molar refractivity (Wildman–Crippen MR) is 103 cm³/mol. The summed E-state index contributed by atoms with van der Waals surface area (Å²) in [6.45, 7) is 0.746. The summed E-state index contributed by atoms with van der Waals surface area (Å²) in [6.07, 6.45) is 5.43. The third-order valence-corrected chi connectivity index (χ3v) is 5.66. The molecule has 5 rings (SSSR count). The first-order chi connectivity index (χ1) is 14.2. The molecule has 0 amide bonds. The number of nitrogens with one attached hydrogen (secondary N) is 1. The summed E-state index contributed by atoms with van der Waals surface area (Å²) in [5.41, 5.74) is 12.8. The standard InChI is InChI=1S/C20H21N7O2/c1-26-20-17(18(24-26)15-3-2-10-28-15)16(14(11-21)19(22)29-20)12-4-6-13(7-5-12)27-9-8-23-25-27/h4-9,15-16,18,24H,2-3,10,22H2,1H3. The van der Waals surface area contributed by atoms with E-state index in [1.807, 2.05) is 36.3 Å². The minimum atomic E-state index is -0.305. The summed E-state index contributed by atoms with van der Waals surface area (Å²) in [7, 11) is 1.89. The first kappa shape index (κ1) is 17.7. The molecule has 0 saturated carbocycles. The van der Waals surface area contributed by atoms with Gasteiger partial charge in [-0.15, -0.1) is 5.10 Å². The minimum Gasteiger partial charge on any atom is -0.423 e. The van der Waals surface area contributed by atoms with Gasteiger partial charge in [0.15, 0.2) is 0 Å². The zero-order chi connectivity index (χ0) is 20.0. The fraction of sp³-hybridized carbons (Fsp3) is 0.350. The van der Waals surface area contributed by atoms with Crippen molar-refractivity contribution in [2.45, 2.75) is 30.9 Å². The maximum atomic E-state index is 9.86. The Morgan fingerprint density at radius 3 is 2.79 bits per heavy atom. The Labute approximate surface area is 168 Å². The lowest BCUT2D eigenvalue weighted by atomic mass is 9.79. The van der Waals surface area contributed by atoms with E-state index in [-0.39, 0.29) is 23.9 Å². The molecule has 1 aromatic carbocycles. The van der Waals surface area contributed by atoms with Crippen LogP contribution in [-0.4, -0.2) is 45.8 Å². The number of hydrogen-bond donors (Lipinski definition) is 2. The maximum absolute atomic E-state index is 9.86. The van der Waals surface area contributed by atoms with Gasteiger partial charge in [-0.05, 0) is 30.5 Å². The molecule has 3 atom stereocenters. The van der Waals surface area contributed by atoms with Gasteiger partial charge in [-0.3, -0.25) is 5.01 Å². The third kappa shape index (κ3) is 2.85. The summed E-state index contributed by atoms with van der Waals surface area (Å²) < 4.78 is 13.5. The number of nitrogens with zero attached hydrogens (tertiary/aromatic N) is 5. The zero-order valence-electron chi connectivity index (χ0n) is 15.9. The van der Waals surface area contributed by atoms with E-state index in [2.05, 4.69) is 21.8 Å². The number of aromatic nitrogens is 3. The third-order valence-electron chi connectivity index (χ3n) is 5.66. The number of allylic oxidation sites excluding steroid dienone is 1. The van der Waals surface area contributed by atoms with Gasteiger partial charge < -0.3 is 15.2 Å². The summed E-state index contributed by atoms with van der Waals surface area (Å²) in [5.74, 6) is 0.478. The van der Waals surface area contributed by atoms with E-state index < -0.39 is 0 Å². The van der Waals surface area contributed by atoms with E-state index in [1.54, 1.807) is 17.1 Å². The summed E-state index contributed by atoms with van der Waals surface area (Å²) in [5, 5.41) is 19.6. The molecule has 3 aliphatic rings. The van der Waals surface area contributed by atoms with Crippen LogP contribution in [0.4, 0.5) is 0 Å². The van der Waals surface area contributed by atoms with Gasteiger partial charge in [-0.25, -0.2) is 10.1 Å². The van der Waals surface area contributed by atoms with Gasteiger partial charge in [-0.2, -0.15) is 5.26 Å². The van der Waals surface area contributed by atoms with Gasteiger partial charge in [0, 0.05) is 19.2 Å². The molecule has 9 nitrogen and oxygen atoms in total. The van der Waals surface area contributed by atoms with E-state index >= 15 is 0 Å². The highest BCUT2D eigenvalue weighted by Gasteiger charge is 2.46. The number of nitrogens with two attached hydrogens (primary N) is 1. The van der Waals surface area contributed by atoms with Crippen LogP contribution in [0.25, 0.3) is 5.69 Å². The van der Waals surface area contributed by atoms with Crippen molar-refractivity contribution >= 4 is 0 Å². The first-order valence-corrected chi connectivity index (χ1v) is 9.57. The zero-order valence-corrected chi connectivity index (χ0v) is 15.9. The number of benzene rings is 1. The second kappa shape index (κ2) is 6.92. The van der Waals surface area contributed by atoms with Gasteiger partial charge >= 0.3 is 0 Å². The highest BCUT2D eigenvalue weighted by Crippen LogP contribution is 2.45. The number of hydrogen-bond acceptors (Lipinski definition) is 8. The molecule has 0 radical (unpaired) electrons. The molecule has 2 aromatic rings. The average Bonchev–Trinajstić information content (AvgIpc) is 3.49. The van der Waals surface area contributed by atoms with Crippen molar-refractivity contribution in [2.75, 3.05) is 13.7 Å². The van der Waals surface area contributed by atoms with Crippen LogP contribution in [-0.2, 0) is 9.47 Å². The molecule has 0 bridgehead atoms. The van der Waals surface area contributed by atoms with E-state index in [0.29, 0.717) is 11.5 Å². The molecule has 1 aromatic heterocycles. The summed E-state index contributed by atoms with van der Waals surface area (Å²) in [6, 6.07) is 10.1. The molecule has 9 heteroatoms. The Balaban J connectivity index is 1.58. The largest absolute Gasteiger partial charge is 0.423 e. The van der Waals surface area contributed by atoms with E-state index in [9.17, 15) is 5.26 Å². The number of nitriles is 1. The van der Waals surface area contributed by atoms with Crippen molar-refractivity contribution in [2.24, 2.45) is 5.73 Å². The van der Waals surface area contributed by atoms with Gasteiger partial charge in [0.2, 0.25) is 11.8 Å². The van der Waals surface area contributed by atoms with Crippen LogP contribution in [0, 0.1) is 11.3 Å². The number of rotatable bonds is 3. The van der Waals surface area contributed by atoms with E-state index in [0.717, 1.165) is 36.3 Å². The Morgan fingerprint density at radius 1 is 1.31 bits per heavy atom. The molecule has 3 unspecified atom stereocenters. The summed E-state index contributed by atoms with van der Waals surface area (Å²) >= 11 is 0. The minimum absolute atomic E-state index is 0.0322. The van der Waals surface area contributed by atoms with E-state index in [1.165, 1.54) is 0 Å². The predicted octanol–water partition coefficient (Wildman–Crippen LogP) is 1.28. The SMILES string of the molecule is CN1NC(C2CCCO2)C2=C1OC(N)=C(C#N)C2c1ccc(-n2ccnn2)cc1. The number of hydrazine groups is 1. The topological polar surface area (TPSA) is 114 Å². The van der Waals surface area contributed by atoms with Gasteiger partial charge in [0.05, 0.1) is 36.1 Å². The highest BCUT2D eigenvalue weighted by atomic mass is 16.5. The first-order valence-electron chi connectivity index (χ1n) is 9.57. The van der Waals surface area contributed by atoms with Crippen LogP contribution in [0.3, 0.4) is 0 Å². The van der Waals surface area contributed by atoms with Crippen molar-refractivity contribution in [1.29, 1.82) is 5.26 Å². The summed E-state index contributed by atoms with van der Waals surface area (Å²) in [4.78, 5) is 0. The van der Waals surface area contributed by atoms with E-state index in [4.69, 9.17) is 15.2 Å². The quantitative estimate of drug-likeness (QED) is 0.804. The highest BCUT2D eigenvalue weighted by molar-refractivity contribution is 5.52. The molecule has 0 aliphatic carbocycles. The Morgan fingerprint density at radius 2 is 2.14 bits per heavy atom. The van der Waals surface area contributed by atoms with Crippen molar-refractivity contribution in [1.82, 2.24) is 25.4 Å². The van der Waals surface area contributed by atoms with Gasteiger partial charge in [-0.1, -0.05) is 17.3 Å². The lowest BCUT2D eigenvalue weighted by Crippen LogP contribution is -2.42. The number of ether oxygens (including phenoxy) is 2. The molecule has 3 aliphatic heterocycles. The molecule has 0 spiro atoms. The van der Waals surface area contributed by atoms with Crippen molar-refractivity contribution in [3.8, 4) is 11.8 Å². The molecule has 1 saturated heterocycles. The molecular weight excluding hydrogens is 370 g/mol. The fourth-order valence-electron chi connectivity index (χ4n) is 4.33. The fourth-order valence-corrected chi connectivity index (χ4v) is 4.33. The Bertz CT molecular complexity index is 1010. The maximum Gasteiger partial charge on any atom is 0.213 e. The lowest BCUT2D eigenvalue weighted by molar-refractivity contribution is 0.0717. The molecule has 4 heterocycles. The van der Waals surface area contributed by atoms with Gasteiger partial charge in [0.1, 0.15) is 11.6 Å². The van der Waals surface area contributed by atoms with Crippen molar-refractivity contribution in [3.63, 3.8) is 0 Å². The molecule has 29 heavy (non-hydrogen) atoms. The second-order valence-electron chi connectivity index (χ2n) is 7.34. The molecule has 1 fully saturated rings. The van der Waals surface area contributed by atoms with Crippen molar-refractivity contribution in [3.05, 3.63) is 65.1 Å². The average molecular weight is 391 g/mol. The van der Waals surface area contributed by atoms with Crippen LogP contribution < -0.4 is 11.2 Å². The molecular formula is C20H21N7O2. The smallest absolute Gasteiger partial charge is 0.213 e. The van der Waals surface area contributed by atoms with Crippen LogP contribution in [0.5, 0.6) is 0 Å². The van der Waals surface area contributed by atoms with Crippen LogP contribution in [0.2, 0.25) is 0 Å². The van der Waals surface area contributed by atoms with Crippen LogP contribution >= 0.6 is 0 Å². The van der Waals surface area contributed by atoms with Crippen LogP contribution in [0.1, 0.15) is 24.3 Å². The lowest BCUT2D eigenvalue weighted by Gasteiger charge is -2.29. The second-order valence-corrected chi connectivity index (χ2v) is 7.34. The Hall–Kier alpha value is -3.35. The van der Waals surface area contributed by atoms with Crippen molar-refractivity contribution < 1.29 is 9.47 Å². The molecule has 148 valence electrons. The molecule has 3 N–H and O–H groups in total. The normalized spacial score (nSPS) is 26.5. The van der Waals surface area contributed by atoms with Crippen LogP contribution in [0.15, 0.2) is 59.6 Å². The monoisotopic (exact) mass is 391 g/mol.